The molecule has 0 aliphatic carbocycles. The van der Waals surface area contributed by atoms with E-state index >= 15 is 0 Å². The number of hydrogen-bond donors (Lipinski definition) is 1. The molecule has 2 aliphatic rings. The predicted octanol–water partition coefficient (Wildman–Crippen LogP) is 5.09. The van der Waals surface area contributed by atoms with Crippen molar-refractivity contribution in [2.45, 2.75) is 136 Å². The molecule has 1 aromatic carbocycles. The Hall–Kier alpha value is -2.65. The van der Waals surface area contributed by atoms with Gasteiger partial charge in [-0.2, -0.15) is 0 Å². The van der Waals surface area contributed by atoms with Crippen molar-refractivity contribution in [2.24, 2.45) is 0 Å². The second-order valence-electron chi connectivity index (χ2n) is 16.5. The number of amides is 2. The van der Waals surface area contributed by atoms with E-state index in [1.165, 1.54) is 0 Å². The van der Waals surface area contributed by atoms with E-state index in [-0.39, 0.29) is 30.7 Å². The Morgan fingerprint density at radius 1 is 0.744 bits per heavy atom. The third-order valence-electron chi connectivity index (χ3n) is 10.2. The third-order valence-corrected chi connectivity index (χ3v) is 10.2. The fourth-order valence-electron chi connectivity index (χ4n) is 6.44. The summed E-state index contributed by atoms with van der Waals surface area (Å²) < 4.78 is 6.28. The number of esters is 1. The van der Waals surface area contributed by atoms with Crippen LogP contribution in [0.4, 0.5) is 0 Å². The lowest BCUT2D eigenvalue weighted by Crippen LogP contribution is -2.55. The monoisotopic (exact) mass is 600 g/mol. The number of rotatable bonds is 6. The number of likely N-dealkylation sites (N-methyl/N-ethyl adjacent to an activating group) is 2. The van der Waals surface area contributed by atoms with Gasteiger partial charge in [0.25, 0.3) is 0 Å². The zero-order chi connectivity index (χ0) is 33.5. The van der Waals surface area contributed by atoms with Gasteiger partial charge in [-0.05, 0) is 92.4 Å². The lowest BCUT2D eigenvalue weighted by Gasteiger charge is -2.41. The van der Waals surface area contributed by atoms with E-state index in [2.05, 4.69) is 0 Å². The van der Waals surface area contributed by atoms with Crippen molar-refractivity contribution in [3.05, 3.63) is 28.8 Å². The number of ether oxygens (including phenoxy) is 1. The van der Waals surface area contributed by atoms with Crippen LogP contribution in [0.1, 0.15) is 118 Å². The molecule has 2 heterocycles. The summed E-state index contributed by atoms with van der Waals surface area (Å²) >= 11 is 0. The molecular weight excluding hydrogens is 544 g/mol. The molecule has 9 heteroatoms. The van der Waals surface area contributed by atoms with E-state index in [1.807, 2.05) is 121 Å². The number of carbonyl (C=O) groups excluding carboxylic acids is 3. The first-order chi connectivity index (χ1) is 19.1. The summed E-state index contributed by atoms with van der Waals surface area (Å²) in [5, 5.41) is 11.2. The maximum Gasteiger partial charge on any atom is 0.338 e. The average Bonchev–Trinajstić information content (AvgIpc) is 3.03. The average molecular weight is 601 g/mol. The van der Waals surface area contributed by atoms with Crippen LogP contribution in [0, 0.1) is 0 Å². The first kappa shape index (κ1) is 34.8. The highest BCUT2D eigenvalue weighted by atomic mass is 16.5. The van der Waals surface area contributed by atoms with Crippen LogP contribution < -0.4 is 0 Å². The molecule has 2 fully saturated rings. The number of phenolic OH excluding ortho intramolecular Hbond substituents is 1. The molecule has 0 spiro atoms. The molecule has 0 bridgehead atoms. The molecule has 43 heavy (non-hydrogen) atoms. The molecule has 2 amide bonds. The van der Waals surface area contributed by atoms with E-state index in [4.69, 9.17) is 4.74 Å². The highest BCUT2D eigenvalue weighted by Crippen LogP contribution is 2.41. The molecule has 0 saturated carbocycles. The second kappa shape index (κ2) is 10.5. The van der Waals surface area contributed by atoms with Crippen molar-refractivity contribution >= 4 is 17.8 Å². The van der Waals surface area contributed by atoms with Crippen LogP contribution in [-0.2, 0) is 25.2 Å². The van der Waals surface area contributed by atoms with E-state index in [0.717, 1.165) is 0 Å². The topological polar surface area (TPSA) is 93.6 Å². The molecular formula is C34H56N4O5. The highest BCUT2D eigenvalue weighted by molar-refractivity contribution is 5.92. The maximum atomic E-state index is 14.0. The lowest BCUT2D eigenvalue weighted by molar-refractivity contribution is -0.138. The summed E-state index contributed by atoms with van der Waals surface area (Å²) in [6, 6.07) is 3.40. The molecule has 1 N–H and O–H groups in total. The van der Waals surface area contributed by atoms with Crippen LogP contribution in [0.3, 0.4) is 0 Å². The van der Waals surface area contributed by atoms with Gasteiger partial charge < -0.3 is 19.6 Å². The summed E-state index contributed by atoms with van der Waals surface area (Å²) in [4.78, 5) is 49.0. The van der Waals surface area contributed by atoms with E-state index in [0.29, 0.717) is 16.7 Å². The molecule has 2 aliphatic heterocycles. The summed E-state index contributed by atoms with van der Waals surface area (Å²) in [5.74, 6) is -0.520. The van der Waals surface area contributed by atoms with Crippen LogP contribution in [-0.4, -0.2) is 98.2 Å². The zero-order valence-corrected chi connectivity index (χ0v) is 29.5. The third kappa shape index (κ3) is 5.79. The van der Waals surface area contributed by atoms with Gasteiger partial charge in [0.05, 0.1) is 41.1 Å². The molecule has 242 valence electrons. The van der Waals surface area contributed by atoms with Gasteiger partial charge in [-0.25, -0.2) is 4.79 Å². The largest absolute Gasteiger partial charge is 0.507 e. The van der Waals surface area contributed by atoms with Crippen molar-refractivity contribution in [3.8, 4) is 5.75 Å². The van der Waals surface area contributed by atoms with Crippen molar-refractivity contribution in [2.75, 3.05) is 27.2 Å². The van der Waals surface area contributed by atoms with Crippen molar-refractivity contribution < 1.29 is 24.2 Å². The van der Waals surface area contributed by atoms with Gasteiger partial charge in [-0.15, -0.1) is 0 Å². The van der Waals surface area contributed by atoms with Crippen molar-refractivity contribution in [3.63, 3.8) is 0 Å². The summed E-state index contributed by atoms with van der Waals surface area (Å²) in [6.07, 6.45) is -0.812. The summed E-state index contributed by atoms with van der Waals surface area (Å²) in [6.45, 7) is 27.7. The van der Waals surface area contributed by atoms with Crippen LogP contribution in [0.2, 0.25) is 0 Å². The first-order valence-corrected chi connectivity index (χ1v) is 15.3. The predicted molar refractivity (Wildman–Crippen MR) is 170 cm³/mol. The van der Waals surface area contributed by atoms with E-state index in [9.17, 15) is 19.5 Å². The van der Waals surface area contributed by atoms with Gasteiger partial charge in [0, 0.05) is 11.1 Å². The number of carbonyl (C=O) groups is 3. The molecule has 9 nitrogen and oxygen atoms in total. The van der Waals surface area contributed by atoms with Crippen LogP contribution >= 0.6 is 0 Å². The minimum absolute atomic E-state index is 0.0693. The Kier molecular flexibility index (Phi) is 8.48. The van der Waals surface area contributed by atoms with Gasteiger partial charge in [0.2, 0.25) is 11.8 Å². The van der Waals surface area contributed by atoms with Crippen LogP contribution in [0.25, 0.3) is 0 Å². The maximum absolute atomic E-state index is 14.0. The highest BCUT2D eigenvalue weighted by Gasteiger charge is 2.57. The summed E-state index contributed by atoms with van der Waals surface area (Å²) in [7, 11) is 3.84. The number of nitrogens with zero attached hydrogens (tertiary/aromatic N) is 4. The molecule has 3 rings (SSSR count). The standard InChI is InChI=1S/C34H56N4O5/c1-29(2,3)23-17-21(18-24(25(23)39)30(4,5)6)26(40)43-22(19-37-27(41)31(7,8)35(15)33(37,11)12)20-38-28(42)32(9,10)36(16)34(38,13)14/h17-18,22,39H,19-20H2,1-16H3. The molecule has 1 aromatic rings. The van der Waals surface area contributed by atoms with Gasteiger partial charge in [0.1, 0.15) is 11.9 Å². The quantitative estimate of drug-likeness (QED) is 0.455. The Morgan fingerprint density at radius 2 is 1.07 bits per heavy atom. The van der Waals surface area contributed by atoms with Gasteiger partial charge in [0.15, 0.2) is 0 Å². The van der Waals surface area contributed by atoms with Crippen LogP contribution in [0.5, 0.6) is 5.75 Å². The van der Waals surface area contributed by atoms with Gasteiger partial charge >= 0.3 is 5.97 Å². The normalized spacial score (nSPS) is 22.2. The molecule has 0 radical (unpaired) electrons. The minimum Gasteiger partial charge on any atom is -0.507 e. The van der Waals surface area contributed by atoms with E-state index in [1.54, 1.807) is 21.9 Å². The number of benzene rings is 1. The summed E-state index contributed by atoms with van der Waals surface area (Å²) in [5.41, 5.74) is -2.01. The van der Waals surface area contributed by atoms with Crippen molar-refractivity contribution in [1.82, 2.24) is 19.6 Å². The molecule has 0 atom stereocenters. The fraction of sp³-hybridized carbons (Fsp3) is 0.735. The smallest absolute Gasteiger partial charge is 0.338 e. The Balaban J connectivity index is 2.10. The SMILES string of the molecule is CN1C(C)(C)C(=O)N(CC(CN2C(=O)C(C)(C)N(C)C2(C)C)OC(=O)c2cc(C(C)(C)C)c(O)c(C(C)(C)C)c2)C1(C)C. The Labute approximate surface area is 259 Å². The molecule has 0 aromatic heterocycles. The lowest BCUT2D eigenvalue weighted by atomic mass is 9.78. The molecule has 0 unspecified atom stereocenters. The number of hydrogen-bond acceptors (Lipinski definition) is 7. The molecule has 2 saturated heterocycles. The first-order valence-electron chi connectivity index (χ1n) is 15.3. The van der Waals surface area contributed by atoms with E-state index < -0.39 is 45.3 Å². The van der Waals surface area contributed by atoms with Crippen molar-refractivity contribution in [1.29, 1.82) is 0 Å². The second-order valence-corrected chi connectivity index (χ2v) is 16.5. The number of aromatic hydroxyl groups is 1. The zero-order valence-electron chi connectivity index (χ0n) is 29.5. The van der Waals surface area contributed by atoms with Gasteiger partial charge in [-0.1, -0.05) is 41.5 Å². The Morgan fingerprint density at radius 3 is 1.33 bits per heavy atom. The fourth-order valence-corrected chi connectivity index (χ4v) is 6.44. The minimum atomic E-state index is -0.812. The van der Waals surface area contributed by atoms with Crippen LogP contribution in [0.15, 0.2) is 12.1 Å². The number of phenols is 1. The van der Waals surface area contributed by atoms with Gasteiger partial charge in [-0.3, -0.25) is 19.4 Å². The Bertz CT molecular complexity index is 1210.